The van der Waals surface area contributed by atoms with Crippen molar-refractivity contribution >= 4 is 11.7 Å². The largest absolute Gasteiger partial charge is 0.337 e. The lowest BCUT2D eigenvalue weighted by Gasteiger charge is -2.38. The maximum Gasteiger partial charge on any atom is 0.319 e. The molecule has 98 valence electrons. The van der Waals surface area contributed by atoms with E-state index < -0.39 is 0 Å². The van der Waals surface area contributed by atoms with Crippen molar-refractivity contribution in [3.63, 3.8) is 0 Å². The van der Waals surface area contributed by atoms with Crippen LogP contribution in [0.2, 0.25) is 0 Å². The SMILES string of the molecule is CC1(CNC(=O)Nc2cccc(CN)c2)CCC1. The van der Waals surface area contributed by atoms with Gasteiger partial charge in [-0.15, -0.1) is 0 Å². The van der Waals surface area contributed by atoms with E-state index in [0.717, 1.165) is 17.8 Å². The van der Waals surface area contributed by atoms with Crippen molar-refractivity contribution in [2.45, 2.75) is 32.7 Å². The number of carbonyl (C=O) groups is 1. The van der Waals surface area contributed by atoms with E-state index in [1.807, 2.05) is 24.3 Å². The highest BCUT2D eigenvalue weighted by molar-refractivity contribution is 5.89. The van der Waals surface area contributed by atoms with Crippen molar-refractivity contribution in [2.75, 3.05) is 11.9 Å². The fourth-order valence-electron chi connectivity index (χ4n) is 2.20. The normalized spacial score (nSPS) is 16.8. The van der Waals surface area contributed by atoms with Crippen LogP contribution in [0.1, 0.15) is 31.7 Å². The fourth-order valence-corrected chi connectivity index (χ4v) is 2.20. The Morgan fingerprint density at radius 1 is 1.44 bits per heavy atom. The van der Waals surface area contributed by atoms with Crippen molar-refractivity contribution in [1.82, 2.24) is 5.32 Å². The van der Waals surface area contributed by atoms with Crippen molar-refractivity contribution in [3.8, 4) is 0 Å². The number of hydrogen-bond donors (Lipinski definition) is 3. The van der Waals surface area contributed by atoms with Gasteiger partial charge in [-0.25, -0.2) is 4.79 Å². The lowest BCUT2D eigenvalue weighted by Crippen LogP contribution is -2.41. The van der Waals surface area contributed by atoms with Gasteiger partial charge in [-0.05, 0) is 36.0 Å². The molecule has 0 bridgehead atoms. The maximum absolute atomic E-state index is 11.7. The predicted octanol–water partition coefficient (Wildman–Crippen LogP) is 2.46. The summed E-state index contributed by atoms with van der Waals surface area (Å²) in [7, 11) is 0. The van der Waals surface area contributed by atoms with E-state index in [0.29, 0.717) is 12.0 Å². The molecule has 0 aliphatic heterocycles. The van der Waals surface area contributed by atoms with E-state index in [1.54, 1.807) is 0 Å². The first-order valence-corrected chi connectivity index (χ1v) is 6.45. The van der Waals surface area contributed by atoms with Crippen LogP contribution in [0, 0.1) is 5.41 Å². The molecule has 1 aliphatic rings. The standard InChI is InChI=1S/C14H21N3O/c1-14(6-3-7-14)10-16-13(18)17-12-5-2-4-11(8-12)9-15/h2,4-5,8H,3,6-7,9-10,15H2,1H3,(H2,16,17,18). The average Bonchev–Trinajstić information content (AvgIpc) is 2.34. The molecular weight excluding hydrogens is 226 g/mol. The molecule has 0 atom stereocenters. The predicted molar refractivity (Wildman–Crippen MR) is 73.3 cm³/mol. The molecule has 4 nitrogen and oxygen atoms in total. The molecule has 0 aromatic heterocycles. The number of hydrogen-bond acceptors (Lipinski definition) is 2. The van der Waals surface area contributed by atoms with Crippen LogP contribution in [0.3, 0.4) is 0 Å². The summed E-state index contributed by atoms with van der Waals surface area (Å²) in [6.45, 7) is 3.44. The molecule has 0 saturated heterocycles. The minimum Gasteiger partial charge on any atom is -0.337 e. The zero-order valence-electron chi connectivity index (χ0n) is 10.8. The number of rotatable bonds is 4. The smallest absolute Gasteiger partial charge is 0.319 e. The minimum atomic E-state index is -0.141. The van der Waals surface area contributed by atoms with Gasteiger partial charge in [0.1, 0.15) is 0 Å². The van der Waals surface area contributed by atoms with Gasteiger partial charge in [0.25, 0.3) is 0 Å². The molecule has 1 aromatic carbocycles. The van der Waals surface area contributed by atoms with Gasteiger partial charge in [-0.1, -0.05) is 25.5 Å². The molecular formula is C14H21N3O. The van der Waals surface area contributed by atoms with E-state index in [9.17, 15) is 4.79 Å². The van der Waals surface area contributed by atoms with Crippen LogP contribution in [0.25, 0.3) is 0 Å². The van der Waals surface area contributed by atoms with Gasteiger partial charge in [0, 0.05) is 18.8 Å². The molecule has 1 saturated carbocycles. The zero-order valence-corrected chi connectivity index (χ0v) is 10.8. The van der Waals surface area contributed by atoms with Crippen LogP contribution < -0.4 is 16.4 Å². The number of nitrogens with two attached hydrogens (primary N) is 1. The van der Waals surface area contributed by atoms with Gasteiger partial charge in [-0.3, -0.25) is 0 Å². The first kappa shape index (κ1) is 12.9. The lowest BCUT2D eigenvalue weighted by atomic mass is 9.70. The van der Waals surface area contributed by atoms with Crippen LogP contribution in [-0.2, 0) is 6.54 Å². The quantitative estimate of drug-likeness (QED) is 0.765. The summed E-state index contributed by atoms with van der Waals surface area (Å²) in [6, 6.07) is 7.45. The summed E-state index contributed by atoms with van der Waals surface area (Å²) in [5, 5.41) is 5.76. The first-order valence-electron chi connectivity index (χ1n) is 6.45. The monoisotopic (exact) mass is 247 g/mol. The summed E-state index contributed by atoms with van der Waals surface area (Å²) in [5.74, 6) is 0. The van der Waals surface area contributed by atoms with Gasteiger partial charge in [0.15, 0.2) is 0 Å². The number of nitrogens with one attached hydrogen (secondary N) is 2. The van der Waals surface area contributed by atoms with Crippen LogP contribution in [0.4, 0.5) is 10.5 Å². The Kier molecular flexibility index (Phi) is 3.87. The maximum atomic E-state index is 11.7. The van der Waals surface area contributed by atoms with E-state index in [2.05, 4.69) is 17.6 Å². The summed E-state index contributed by atoms with van der Waals surface area (Å²) in [5.41, 5.74) is 7.66. The molecule has 1 aromatic rings. The summed E-state index contributed by atoms with van der Waals surface area (Å²) in [6.07, 6.45) is 3.68. The van der Waals surface area contributed by atoms with Gasteiger partial charge in [-0.2, -0.15) is 0 Å². The Bertz CT molecular complexity index is 427. The van der Waals surface area contributed by atoms with Crippen molar-refractivity contribution in [3.05, 3.63) is 29.8 Å². The van der Waals surface area contributed by atoms with E-state index >= 15 is 0 Å². The molecule has 0 radical (unpaired) electrons. The van der Waals surface area contributed by atoms with E-state index in [-0.39, 0.29) is 6.03 Å². The van der Waals surface area contributed by atoms with Crippen molar-refractivity contribution < 1.29 is 4.79 Å². The second-order valence-corrected chi connectivity index (χ2v) is 5.38. The highest BCUT2D eigenvalue weighted by atomic mass is 16.2. The zero-order chi connectivity index (χ0) is 13.0. The highest BCUT2D eigenvalue weighted by Crippen LogP contribution is 2.39. The second kappa shape index (κ2) is 5.40. The van der Waals surface area contributed by atoms with Gasteiger partial charge in [0.05, 0.1) is 0 Å². The number of carbonyl (C=O) groups excluding carboxylic acids is 1. The third kappa shape index (κ3) is 3.23. The first-order chi connectivity index (χ1) is 8.61. The Labute approximate surface area is 108 Å². The van der Waals surface area contributed by atoms with Crippen LogP contribution in [-0.4, -0.2) is 12.6 Å². The number of urea groups is 1. The highest BCUT2D eigenvalue weighted by Gasteiger charge is 2.31. The van der Waals surface area contributed by atoms with E-state index in [1.165, 1.54) is 19.3 Å². The topological polar surface area (TPSA) is 67.2 Å². The number of benzene rings is 1. The fraction of sp³-hybridized carbons (Fsp3) is 0.500. The van der Waals surface area contributed by atoms with Crippen LogP contribution in [0.5, 0.6) is 0 Å². The van der Waals surface area contributed by atoms with Gasteiger partial charge >= 0.3 is 6.03 Å². The summed E-state index contributed by atoms with van der Waals surface area (Å²) in [4.78, 5) is 11.7. The Balaban J connectivity index is 1.82. The Hall–Kier alpha value is -1.55. The van der Waals surface area contributed by atoms with Crippen molar-refractivity contribution in [2.24, 2.45) is 11.1 Å². The van der Waals surface area contributed by atoms with Crippen LogP contribution in [0.15, 0.2) is 24.3 Å². The molecule has 0 spiro atoms. The van der Waals surface area contributed by atoms with E-state index in [4.69, 9.17) is 5.73 Å². The molecule has 2 amide bonds. The third-order valence-corrected chi connectivity index (χ3v) is 3.66. The molecule has 0 unspecified atom stereocenters. The summed E-state index contributed by atoms with van der Waals surface area (Å²) >= 11 is 0. The molecule has 18 heavy (non-hydrogen) atoms. The molecule has 4 heteroatoms. The van der Waals surface area contributed by atoms with Crippen LogP contribution >= 0.6 is 0 Å². The molecule has 4 N–H and O–H groups in total. The lowest BCUT2D eigenvalue weighted by molar-refractivity contribution is 0.159. The van der Waals surface area contributed by atoms with Gasteiger partial charge < -0.3 is 16.4 Å². The average molecular weight is 247 g/mol. The van der Waals surface area contributed by atoms with Gasteiger partial charge in [0.2, 0.25) is 0 Å². The molecule has 1 fully saturated rings. The summed E-state index contributed by atoms with van der Waals surface area (Å²) < 4.78 is 0. The number of anilines is 1. The molecule has 1 aliphatic carbocycles. The van der Waals surface area contributed by atoms with Crippen molar-refractivity contribution in [1.29, 1.82) is 0 Å². The second-order valence-electron chi connectivity index (χ2n) is 5.38. The Morgan fingerprint density at radius 3 is 2.83 bits per heavy atom. The minimum absolute atomic E-state index is 0.141. The molecule has 0 heterocycles. The third-order valence-electron chi connectivity index (χ3n) is 3.66. The molecule has 2 rings (SSSR count). The Morgan fingerprint density at radius 2 is 2.22 bits per heavy atom. The number of amides is 2.